The molecule has 0 N–H and O–H groups in total. The van der Waals surface area contributed by atoms with Crippen LogP contribution in [-0.2, 0) is 19.4 Å². The fourth-order valence-electron chi connectivity index (χ4n) is 2.36. The zero-order chi connectivity index (χ0) is 15.6. The Morgan fingerprint density at radius 1 is 1.24 bits per heavy atom. The van der Waals surface area contributed by atoms with Crippen LogP contribution in [0.2, 0.25) is 5.02 Å². The molecule has 116 valence electrons. The maximum atomic E-state index is 12.2. The number of carbonyl (C=O) groups excluding carboxylic acids is 1. The van der Waals surface area contributed by atoms with Crippen molar-refractivity contribution in [3.63, 3.8) is 0 Å². The first-order chi connectivity index (χ1) is 9.78. The summed E-state index contributed by atoms with van der Waals surface area (Å²) >= 11 is 5.74. The van der Waals surface area contributed by atoms with Gasteiger partial charge in [0, 0.05) is 18.1 Å². The van der Waals surface area contributed by atoms with Crippen LogP contribution in [0.15, 0.2) is 29.2 Å². The van der Waals surface area contributed by atoms with Crippen molar-refractivity contribution >= 4 is 27.3 Å². The third-order valence-corrected chi connectivity index (χ3v) is 5.13. The van der Waals surface area contributed by atoms with Crippen molar-refractivity contribution in [2.75, 3.05) is 18.8 Å². The molecule has 1 aliphatic heterocycles. The number of halogens is 1. The van der Waals surface area contributed by atoms with Crippen molar-refractivity contribution in [3.05, 3.63) is 29.3 Å². The number of carbonyl (C=O) groups is 1. The highest BCUT2D eigenvalue weighted by molar-refractivity contribution is 7.92. The topological polar surface area (TPSA) is 63.7 Å². The van der Waals surface area contributed by atoms with Gasteiger partial charge in [0.15, 0.2) is 9.84 Å². The average molecular weight is 332 g/mol. The molecular weight excluding hydrogens is 314 g/mol. The molecule has 2 atom stereocenters. The van der Waals surface area contributed by atoms with Crippen molar-refractivity contribution in [2.24, 2.45) is 0 Å². The molecule has 0 aromatic heterocycles. The van der Waals surface area contributed by atoms with Crippen LogP contribution in [0.4, 0.5) is 0 Å². The minimum absolute atomic E-state index is 0.0871. The third-order valence-electron chi connectivity index (χ3n) is 3.26. The Hall–Kier alpha value is -1.11. The molecule has 1 saturated heterocycles. The van der Waals surface area contributed by atoms with Crippen molar-refractivity contribution in [1.29, 1.82) is 0 Å². The summed E-state index contributed by atoms with van der Waals surface area (Å²) in [4.78, 5) is 13.9. The maximum Gasteiger partial charge on any atom is 0.238 e. The molecule has 2 unspecified atom stereocenters. The number of amides is 1. The Kier molecular flexibility index (Phi) is 4.91. The molecule has 1 aromatic rings. The third kappa shape index (κ3) is 4.18. The first-order valence-electron chi connectivity index (χ1n) is 6.69. The maximum absolute atomic E-state index is 12.2. The molecule has 21 heavy (non-hydrogen) atoms. The van der Waals surface area contributed by atoms with Gasteiger partial charge in [-0.3, -0.25) is 4.79 Å². The van der Waals surface area contributed by atoms with Gasteiger partial charge in [-0.25, -0.2) is 8.42 Å². The molecule has 1 heterocycles. The monoisotopic (exact) mass is 331 g/mol. The van der Waals surface area contributed by atoms with Gasteiger partial charge in [-0.1, -0.05) is 11.6 Å². The summed E-state index contributed by atoms with van der Waals surface area (Å²) in [5, 5.41) is 0.455. The highest BCUT2D eigenvalue weighted by atomic mass is 35.5. The highest BCUT2D eigenvalue weighted by Crippen LogP contribution is 2.17. The summed E-state index contributed by atoms with van der Waals surface area (Å²) in [5.41, 5.74) is 0. The van der Waals surface area contributed by atoms with Gasteiger partial charge in [-0.05, 0) is 38.1 Å². The number of morpholine rings is 1. The summed E-state index contributed by atoms with van der Waals surface area (Å²) in [7, 11) is -3.65. The Morgan fingerprint density at radius 2 is 1.76 bits per heavy atom. The molecule has 1 aromatic carbocycles. The van der Waals surface area contributed by atoms with E-state index in [2.05, 4.69) is 0 Å². The molecule has 0 radical (unpaired) electrons. The molecular formula is C14H18ClNO4S. The van der Waals surface area contributed by atoms with E-state index < -0.39 is 21.5 Å². The van der Waals surface area contributed by atoms with E-state index in [9.17, 15) is 13.2 Å². The SMILES string of the molecule is CC1CN(C(=O)CS(=O)(=O)c2ccc(Cl)cc2)CC(C)O1. The number of hydrogen-bond donors (Lipinski definition) is 0. The number of ether oxygens (including phenoxy) is 1. The molecule has 0 aliphatic carbocycles. The lowest BCUT2D eigenvalue weighted by atomic mass is 10.2. The van der Waals surface area contributed by atoms with Gasteiger partial charge in [0.2, 0.25) is 5.91 Å². The minimum Gasteiger partial charge on any atom is -0.372 e. The number of sulfone groups is 1. The van der Waals surface area contributed by atoms with Gasteiger partial charge in [0.25, 0.3) is 0 Å². The highest BCUT2D eigenvalue weighted by Gasteiger charge is 2.29. The summed E-state index contributed by atoms with van der Waals surface area (Å²) in [6.07, 6.45) is -0.174. The van der Waals surface area contributed by atoms with Crippen molar-refractivity contribution < 1.29 is 17.9 Å². The number of rotatable bonds is 3. The number of benzene rings is 1. The predicted octanol–water partition coefficient (Wildman–Crippen LogP) is 1.75. The van der Waals surface area contributed by atoms with Gasteiger partial charge in [0.1, 0.15) is 5.75 Å². The predicted molar refractivity (Wildman–Crippen MR) is 80.1 cm³/mol. The van der Waals surface area contributed by atoms with E-state index in [1.807, 2.05) is 13.8 Å². The normalized spacial score (nSPS) is 23.1. The standard InChI is InChI=1S/C14H18ClNO4S/c1-10-7-16(8-11(2)20-10)14(17)9-21(18,19)13-5-3-12(15)4-6-13/h3-6,10-11H,7-9H2,1-2H3. The molecule has 0 spiro atoms. The fourth-order valence-corrected chi connectivity index (χ4v) is 3.71. The van der Waals surface area contributed by atoms with Crippen LogP contribution >= 0.6 is 11.6 Å². The van der Waals surface area contributed by atoms with Crippen LogP contribution < -0.4 is 0 Å². The second-order valence-corrected chi connectivity index (χ2v) is 7.70. The lowest BCUT2D eigenvalue weighted by Gasteiger charge is -2.35. The van der Waals surface area contributed by atoms with E-state index in [1.54, 1.807) is 4.90 Å². The summed E-state index contributed by atoms with van der Waals surface area (Å²) in [6, 6.07) is 5.82. The van der Waals surface area contributed by atoms with Crippen molar-refractivity contribution in [3.8, 4) is 0 Å². The zero-order valence-electron chi connectivity index (χ0n) is 12.0. The summed E-state index contributed by atoms with van der Waals surface area (Å²) < 4.78 is 30.0. The summed E-state index contributed by atoms with van der Waals surface area (Å²) in [6.45, 7) is 4.56. The van der Waals surface area contributed by atoms with Crippen LogP contribution in [0.1, 0.15) is 13.8 Å². The van der Waals surface area contributed by atoms with Gasteiger partial charge in [-0.2, -0.15) is 0 Å². The second-order valence-electron chi connectivity index (χ2n) is 5.27. The minimum atomic E-state index is -3.65. The fraction of sp³-hybridized carbons (Fsp3) is 0.500. The number of nitrogens with zero attached hydrogens (tertiary/aromatic N) is 1. The molecule has 1 amide bonds. The van der Waals surface area contributed by atoms with E-state index in [0.29, 0.717) is 18.1 Å². The second kappa shape index (κ2) is 6.34. The molecule has 7 heteroatoms. The molecule has 2 rings (SSSR count). The number of hydrogen-bond acceptors (Lipinski definition) is 4. The largest absolute Gasteiger partial charge is 0.372 e. The molecule has 0 saturated carbocycles. The first-order valence-corrected chi connectivity index (χ1v) is 8.72. The van der Waals surface area contributed by atoms with Crippen molar-refractivity contribution in [1.82, 2.24) is 4.90 Å². The molecule has 1 fully saturated rings. The van der Waals surface area contributed by atoms with Gasteiger partial charge in [0.05, 0.1) is 17.1 Å². The Bertz CT molecular complexity index is 604. The smallest absolute Gasteiger partial charge is 0.238 e. The van der Waals surface area contributed by atoms with Gasteiger partial charge >= 0.3 is 0 Å². The van der Waals surface area contributed by atoms with Crippen LogP contribution in [0.25, 0.3) is 0 Å². The van der Waals surface area contributed by atoms with E-state index >= 15 is 0 Å². The van der Waals surface area contributed by atoms with Crippen LogP contribution in [0.5, 0.6) is 0 Å². The summed E-state index contributed by atoms with van der Waals surface area (Å²) in [5.74, 6) is -0.930. The first kappa shape index (κ1) is 16.3. The quantitative estimate of drug-likeness (QED) is 0.846. The Labute approximate surface area is 129 Å². The Morgan fingerprint density at radius 3 is 2.29 bits per heavy atom. The van der Waals surface area contributed by atoms with E-state index in [4.69, 9.17) is 16.3 Å². The van der Waals surface area contributed by atoms with Gasteiger partial charge < -0.3 is 9.64 Å². The van der Waals surface area contributed by atoms with Crippen LogP contribution in [-0.4, -0.2) is 50.3 Å². The van der Waals surface area contributed by atoms with Crippen LogP contribution in [0, 0.1) is 0 Å². The molecule has 0 bridgehead atoms. The average Bonchev–Trinajstić information content (AvgIpc) is 2.37. The van der Waals surface area contributed by atoms with E-state index in [-0.39, 0.29) is 17.1 Å². The lowest BCUT2D eigenvalue weighted by molar-refractivity contribution is -0.140. The lowest BCUT2D eigenvalue weighted by Crippen LogP contribution is -2.49. The van der Waals surface area contributed by atoms with E-state index in [0.717, 1.165) is 0 Å². The van der Waals surface area contributed by atoms with Crippen LogP contribution in [0.3, 0.4) is 0 Å². The molecule has 5 nitrogen and oxygen atoms in total. The van der Waals surface area contributed by atoms with E-state index in [1.165, 1.54) is 24.3 Å². The Balaban J connectivity index is 2.09. The molecule has 1 aliphatic rings. The van der Waals surface area contributed by atoms with Gasteiger partial charge in [-0.15, -0.1) is 0 Å². The zero-order valence-corrected chi connectivity index (χ0v) is 13.5. The van der Waals surface area contributed by atoms with Crippen molar-refractivity contribution in [2.45, 2.75) is 31.0 Å².